The second-order valence-electron chi connectivity index (χ2n) is 3.36. The van der Waals surface area contributed by atoms with E-state index in [9.17, 15) is 4.79 Å². The molecule has 0 saturated heterocycles. The van der Waals surface area contributed by atoms with E-state index >= 15 is 0 Å². The van der Waals surface area contributed by atoms with Crippen LogP contribution in [0.1, 0.15) is 17.5 Å². The van der Waals surface area contributed by atoms with Gasteiger partial charge in [0.1, 0.15) is 6.61 Å². The van der Waals surface area contributed by atoms with Crippen molar-refractivity contribution in [2.24, 2.45) is 0 Å². The van der Waals surface area contributed by atoms with Gasteiger partial charge in [0.05, 0.1) is 19.1 Å². The number of hydrogen-bond acceptors (Lipinski definition) is 3. The average Bonchev–Trinajstić information content (AvgIpc) is 2.18. The molecule has 0 aliphatic rings. The summed E-state index contributed by atoms with van der Waals surface area (Å²) in [6.07, 6.45) is -0.0756. The minimum absolute atomic E-state index is 0.0154. The fourth-order valence-electron chi connectivity index (χ4n) is 1.22. The normalized spacial score (nSPS) is 9.60. The van der Waals surface area contributed by atoms with E-state index in [4.69, 9.17) is 10.00 Å². The molecule has 0 aromatic heterocycles. The third-order valence-corrected chi connectivity index (χ3v) is 1.89. The monoisotopic (exact) mass is 203 g/mol. The number of ketones is 1. The minimum Gasteiger partial charge on any atom is -0.369 e. The van der Waals surface area contributed by atoms with Gasteiger partial charge in [0.15, 0.2) is 5.78 Å². The zero-order chi connectivity index (χ0) is 11.1. The van der Waals surface area contributed by atoms with E-state index in [1.54, 1.807) is 6.07 Å². The number of nitrogens with zero attached hydrogens (tertiary/aromatic N) is 1. The van der Waals surface area contributed by atoms with Crippen LogP contribution in [0, 0.1) is 18.3 Å². The highest BCUT2D eigenvalue weighted by Crippen LogP contribution is 2.05. The van der Waals surface area contributed by atoms with Crippen molar-refractivity contribution in [3.63, 3.8) is 0 Å². The van der Waals surface area contributed by atoms with Crippen LogP contribution in [0.25, 0.3) is 0 Å². The Morgan fingerprint density at radius 3 is 3.00 bits per heavy atom. The smallest absolute Gasteiger partial charge is 0.172 e. The molecule has 1 rings (SSSR count). The number of nitriles is 1. The Labute approximate surface area is 89.3 Å². The first-order valence-corrected chi connectivity index (χ1v) is 4.74. The van der Waals surface area contributed by atoms with Gasteiger partial charge < -0.3 is 4.74 Å². The predicted octanol–water partition coefficient (Wildman–Crippen LogP) is 1.99. The number of carbonyl (C=O) groups is 1. The maximum absolute atomic E-state index is 11.0. The Morgan fingerprint density at radius 1 is 1.53 bits per heavy atom. The quantitative estimate of drug-likeness (QED) is 0.735. The predicted molar refractivity (Wildman–Crippen MR) is 56.1 cm³/mol. The van der Waals surface area contributed by atoms with Crippen LogP contribution >= 0.6 is 0 Å². The SMILES string of the molecule is Cc1cccc(COCC(=O)CC#N)c1. The van der Waals surface area contributed by atoms with Crippen LogP contribution in [0.4, 0.5) is 0 Å². The summed E-state index contributed by atoms with van der Waals surface area (Å²) in [4.78, 5) is 11.0. The van der Waals surface area contributed by atoms with Gasteiger partial charge in [-0.25, -0.2) is 0 Å². The number of Topliss-reactive ketones (excluding diaryl/α,β-unsaturated/α-hetero) is 1. The summed E-state index contributed by atoms with van der Waals surface area (Å²) < 4.78 is 5.19. The van der Waals surface area contributed by atoms with Crippen LogP contribution < -0.4 is 0 Å². The van der Waals surface area contributed by atoms with Gasteiger partial charge in [0, 0.05) is 0 Å². The number of rotatable bonds is 5. The molecule has 0 N–H and O–H groups in total. The number of benzene rings is 1. The van der Waals surface area contributed by atoms with E-state index in [1.165, 1.54) is 5.56 Å². The zero-order valence-electron chi connectivity index (χ0n) is 8.69. The Balaban J connectivity index is 2.32. The molecule has 1 aromatic carbocycles. The van der Waals surface area contributed by atoms with Crippen molar-refractivity contribution >= 4 is 5.78 Å². The van der Waals surface area contributed by atoms with E-state index in [1.807, 2.05) is 31.2 Å². The Morgan fingerprint density at radius 2 is 2.33 bits per heavy atom. The maximum Gasteiger partial charge on any atom is 0.172 e. The van der Waals surface area contributed by atoms with Crippen molar-refractivity contribution in [1.29, 1.82) is 5.26 Å². The third-order valence-electron chi connectivity index (χ3n) is 1.89. The average molecular weight is 203 g/mol. The van der Waals surface area contributed by atoms with Crippen molar-refractivity contribution in [2.75, 3.05) is 6.61 Å². The molecule has 0 bridgehead atoms. The maximum atomic E-state index is 11.0. The van der Waals surface area contributed by atoms with E-state index < -0.39 is 0 Å². The minimum atomic E-state index is -0.176. The molecule has 0 fully saturated rings. The van der Waals surface area contributed by atoms with Crippen LogP contribution in [-0.2, 0) is 16.1 Å². The lowest BCUT2D eigenvalue weighted by molar-refractivity contribution is -0.123. The van der Waals surface area contributed by atoms with Crippen LogP contribution in [0.5, 0.6) is 0 Å². The van der Waals surface area contributed by atoms with Gasteiger partial charge >= 0.3 is 0 Å². The summed E-state index contributed by atoms with van der Waals surface area (Å²) in [5.74, 6) is -0.176. The van der Waals surface area contributed by atoms with E-state index in [2.05, 4.69) is 0 Å². The fourth-order valence-corrected chi connectivity index (χ4v) is 1.22. The Bertz CT molecular complexity index is 379. The van der Waals surface area contributed by atoms with Gasteiger partial charge in [-0.05, 0) is 12.5 Å². The number of carbonyl (C=O) groups excluding carboxylic acids is 1. The molecule has 0 saturated carbocycles. The molecule has 0 atom stereocenters. The number of ether oxygens (including phenoxy) is 1. The lowest BCUT2D eigenvalue weighted by Crippen LogP contribution is -2.07. The van der Waals surface area contributed by atoms with Crippen LogP contribution in [-0.4, -0.2) is 12.4 Å². The second-order valence-corrected chi connectivity index (χ2v) is 3.36. The molecular formula is C12H13NO2. The summed E-state index contributed by atoms with van der Waals surface area (Å²) >= 11 is 0. The summed E-state index contributed by atoms with van der Waals surface area (Å²) in [7, 11) is 0. The highest BCUT2D eigenvalue weighted by molar-refractivity contribution is 5.81. The number of aryl methyl sites for hydroxylation is 1. The van der Waals surface area contributed by atoms with Gasteiger partial charge in [-0.2, -0.15) is 5.26 Å². The topological polar surface area (TPSA) is 50.1 Å². The molecule has 0 aliphatic heterocycles. The lowest BCUT2D eigenvalue weighted by atomic mass is 10.1. The lowest BCUT2D eigenvalue weighted by Gasteiger charge is -2.03. The first-order valence-electron chi connectivity index (χ1n) is 4.74. The summed E-state index contributed by atoms with van der Waals surface area (Å²) in [5, 5.41) is 8.26. The van der Waals surface area contributed by atoms with Gasteiger partial charge in [-0.1, -0.05) is 29.8 Å². The Hall–Kier alpha value is -1.66. The first kappa shape index (κ1) is 11.4. The number of hydrogen-bond donors (Lipinski definition) is 0. The first-order chi connectivity index (χ1) is 7.22. The Kier molecular flexibility index (Phi) is 4.52. The van der Waals surface area contributed by atoms with Gasteiger partial charge in [-0.3, -0.25) is 4.79 Å². The standard InChI is InChI=1S/C12H13NO2/c1-10-3-2-4-11(7-10)8-15-9-12(14)5-6-13/h2-4,7H,5,8-9H2,1H3. The molecule has 0 spiro atoms. The van der Waals surface area contributed by atoms with Crippen molar-refractivity contribution in [1.82, 2.24) is 0 Å². The van der Waals surface area contributed by atoms with Crippen LogP contribution in [0.15, 0.2) is 24.3 Å². The molecular weight excluding hydrogens is 190 g/mol. The zero-order valence-corrected chi connectivity index (χ0v) is 8.69. The molecule has 3 heteroatoms. The summed E-state index contributed by atoms with van der Waals surface area (Å²) in [5.41, 5.74) is 2.21. The molecule has 1 aromatic rings. The van der Waals surface area contributed by atoms with Crippen molar-refractivity contribution in [2.45, 2.75) is 20.0 Å². The van der Waals surface area contributed by atoms with Crippen molar-refractivity contribution in [3.8, 4) is 6.07 Å². The second kappa shape index (κ2) is 5.94. The van der Waals surface area contributed by atoms with Crippen molar-refractivity contribution < 1.29 is 9.53 Å². The molecule has 0 unspecified atom stereocenters. The third kappa shape index (κ3) is 4.39. The van der Waals surface area contributed by atoms with E-state index in [0.29, 0.717) is 6.61 Å². The molecule has 0 amide bonds. The van der Waals surface area contributed by atoms with Gasteiger partial charge in [-0.15, -0.1) is 0 Å². The van der Waals surface area contributed by atoms with Crippen LogP contribution in [0.3, 0.4) is 0 Å². The highest BCUT2D eigenvalue weighted by Gasteiger charge is 2.00. The molecule has 3 nitrogen and oxygen atoms in total. The molecule has 78 valence electrons. The van der Waals surface area contributed by atoms with E-state index in [-0.39, 0.29) is 18.8 Å². The summed E-state index contributed by atoms with van der Waals surface area (Å²) in [6, 6.07) is 9.70. The van der Waals surface area contributed by atoms with Gasteiger partial charge in [0.2, 0.25) is 0 Å². The molecule has 0 heterocycles. The van der Waals surface area contributed by atoms with Crippen molar-refractivity contribution in [3.05, 3.63) is 35.4 Å². The molecule has 15 heavy (non-hydrogen) atoms. The molecule has 0 radical (unpaired) electrons. The van der Waals surface area contributed by atoms with E-state index in [0.717, 1.165) is 5.56 Å². The summed E-state index contributed by atoms with van der Waals surface area (Å²) in [6.45, 7) is 2.44. The largest absolute Gasteiger partial charge is 0.369 e. The highest BCUT2D eigenvalue weighted by atomic mass is 16.5. The molecule has 0 aliphatic carbocycles. The van der Waals surface area contributed by atoms with Crippen LogP contribution in [0.2, 0.25) is 0 Å². The van der Waals surface area contributed by atoms with Gasteiger partial charge in [0.25, 0.3) is 0 Å². The fraction of sp³-hybridized carbons (Fsp3) is 0.333.